The van der Waals surface area contributed by atoms with Crippen LogP contribution in [0.4, 0.5) is 5.82 Å². The number of nitrogens with zero attached hydrogens (tertiary/aromatic N) is 7. The molecule has 10 nitrogen and oxygen atoms in total. The summed E-state index contributed by atoms with van der Waals surface area (Å²) in [5.74, 6) is 1.44. The van der Waals surface area contributed by atoms with E-state index in [0.717, 1.165) is 41.8 Å². The number of H-pyrrole nitrogens is 1. The number of fused-ring (bicyclic) bond motifs is 1. The number of nitrogens with one attached hydrogen (secondary N) is 1. The van der Waals surface area contributed by atoms with Gasteiger partial charge >= 0.3 is 0 Å². The molecule has 3 N–H and O–H groups in total. The molecule has 0 spiro atoms. The van der Waals surface area contributed by atoms with Gasteiger partial charge in [0.05, 0.1) is 21.3 Å². The molecule has 1 aromatic carbocycles. The zero-order valence-electron chi connectivity index (χ0n) is 21.5. The number of anilines is 1. The van der Waals surface area contributed by atoms with Crippen molar-refractivity contribution in [3.8, 4) is 17.1 Å². The topological polar surface area (TPSA) is 124 Å². The van der Waals surface area contributed by atoms with Gasteiger partial charge in [-0.1, -0.05) is 23.2 Å². The first-order valence-corrected chi connectivity index (χ1v) is 13.3. The average Bonchev–Trinajstić information content (AvgIpc) is 3.62. The predicted molar refractivity (Wildman–Crippen MR) is 151 cm³/mol. The highest BCUT2D eigenvalue weighted by molar-refractivity contribution is 6.35. The Bertz CT molecular complexity index is 1610. The van der Waals surface area contributed by atoms with Gasteiger partial charge < -0.3 is 15.4 Å². The van der Waals surface area contributed by atoms with Gasteiger partial charge in [-0.2, -0.15) is 10.2 Å². The Kier molecular flexibility index (Phi) is 6.62. The van der Waals surface area contributed by atoms with E-state index in [1.165, 1.54) is 0 Å². The molecule has 5 heterocycles. The van der Waals surface area contributed by atoms with Crippen LogP contribution in [-0.2, 0) is 13.5 Å². The second-order valence-electron chi connectivity index (χ2n) is 10.0. The summed E-state index contributed by atoms with van der Waals surface area (Å²) < 4.78 is 7.98. The predicted octanol–water partition coefficient (Wildman–Crippen LogP) is 4.75. The lowest BCUT2D eigenvalue weighted by Gasteiger charge is -2.24. The van der Waals surface area contributed by atoms with Crippen molar-refractivity contribution in [1.82, 2.24) is 35.2 Å². The molecule has 0 aliphatic carbocycles. The summed E-state index contributed by atoms with van der Waals surface area (Å²) in [6.45, 7) is 3.39. The van der Waals surface area contributed by atoms with Crippen molar-refractivity contribution in [2.45, 2.75) is 31.4 Å². The zero-order chi connectivity index (χ0) is 27.1. The highest BCUT2D eigenvalue weighted by atomic mass is 35.5. The van der Waals surface area contributed by atoms with Crippen molar-refractivity contribution in [2.24, 2.45) is 12.8 Å². The fourth-order valence-electron chi connectivity index (χ4n) is 5.11. The molecule has 4 aromatic heterocycles. The van der Waals surface area contributed by atoms with Crippen molar-refractivity contribution in [2.75, 3.05) is 18.0 Å². The molecule has 1 aliphatic rings. The van der Waals surface area contributed by atoms with Gasteiger partial charge in [-0.05, 0) is 49.7 Å². The standard InChI is InChI=1S/C27H27Cl2N9O/c1-16(25-20(28)13-31-14-21(25)29)39-18-3-4-22-19(11-18)26(35-32-22)23-5-6-24(34-33-23)38-10-8-27(30,15-38)12-17-7-9-37(2)36-17/h3-7,9,11,13-14,16H,8,10,12,15,30H2,1-2H3,(H,32,35)/t16-,27-/m1/s1. The van der Waals surface area contributed by atoms with E-state index < -0.39 is 0 Å². The van der Waals surface area contributed by atoms with E-state index in [9.17, 15) is 0 Å². The van der Waals surface area contributed by atoms with Crippen LogP contribution in [0.2, 0.25) is 10.0 Å². The van der Waals surface area contributed by atoms with Gasteiger partial charge in [0, 0.05) is 61.6 Å². The monoisotopic (exact) mass is 563 g/mol. The number of rotatable bonds is 7. The number of aromatic amines is 1. The Morgan fingerprint density at radius 2 is 1.95 bits per heavy atom. The van der Waals surface area contributed by atoms with E-state index >= 15 is 0 Å². The normalized spacial score (nSPS) is 18.1. The summed E-state index contributed by atoms with van der Waals surface area (Å²) in [5.41, 5.74) is 10.2. The lowest BCUT2D eigenvalue weighted by molar-refractivity contribution is 0.227. The van der Waals surface area contributed by atoms with Gasteiger partial charge in [0.15, 0.2) is 5.82 Å². The molecule has 1 fully saturated rings. The summed E-state index contributed by atoms with van der Waals surface area (Å²) in [7, 11) is 1.91. The molecule has 5 aromatic rings. The van der Waals surface area contributed by atoms with Crippen molar-refractivity contribution in [1.29, 1.82) is 0 Å². The summed E-state index contributed by atoms with van der Waals surface area (Å²) in [6.07, 6.45) is 6.24. The van der Waals surface area contributed by atoms with Crippen molar-refractivity contribution in [3.05, 3.63) is 76.3 Å². The van der Waals surface area contributed by atoms with Crippen LogP contribution in [0, 0.1) is 0 Å². The summed E-state index contributed by atoms with van der Waals surface area (Å²) >= 11 is 12.6. The zero-order valence-corrected chi connectivity index (χ0v) is 23.0. The number of ether oxygens (including phenoxy) is 1. The van der Waals surface area contributed by atoms with E-state index in [1.807, 2.05) is 56.6 Å². The van der Waals surface area contributed by atoms with Crippen molar-refractivity contribution >= 4 is 39.9 Å². The third kappa shape index (κ3) is 5.15. The minimum atomic E-state index is -0.382. The molecule has 0 bridgehead atoms. The number of aryl methyl sites for hydroxylation is 1. The minimum absolute atomic E-state index is 0.356. The third-order valence-corrected chi connectivity index (χ3v) is 7.65. The molecule has 0 saturated carbocycles. The molecule has 200 valence electrons. The Hall–Kier alpha value is -3.73. The molecule has 39 heavy (non-hydrogen) atoms. The molecule has 0 radical (unpaired) electrons. The summed E-state index contributed by atoms with van der Waals surface area (Å²) in [4.78, 5) is 6.18. The maximum atomic E-state index is 6.72. The van der Waals surface area contributed by atoms with E-state index in [2.05, 4.69) is 35.4 Å². The number of hydrogen-bond donors (Lipinski definition) is 2. The molecular weight excluding hydrogens is 537 g/mol. The van der Waals surface area contributed by atoms with Gasteiger partial charge in [-0.25, -0.2) is 0 Å². The first-order valence-electron chi connectivity index (χ1n) is 12.6. The quantitative estimate of drug-likeness (QED) is 0.291. The van der Waals surface area contributed by atoms with Crippen LogP contribution in [-0.4, -0.2) is 53.8 Å². The van der Waals surface area contributed by atoms with Crippen molar-refractivity contribution < 1.29 is 4.74 Å². The smallest absolute Gasteiger partial charge is 0.151 e. The van der Waals surface area contributed by atoms with Crippen LogP contribution in [0.15, 0.2) is 55.0 Å². The number of nitrogens with two attached hydrogens (primary N) is 1. The Labute approximate surface area is 235 Å². The van der Waals surface area contributed by atoms with Gasteiger partial charge in [0.1, 0.15) is 23.2 Å². The summed E-state index contributed by atoms with van der Waals surface area (Å²) in [6, 6.07) is 11.6. The minimum Gasteiger partial charge on any atom is -0.486 e. The van der Waals surface area contributed by atoms with Gasteiger partial charge in [-0.3, -0.25) is 14.8 Å². The third-order valence-electron chi connectivity index (χ3n) is 7.05. The van der Waals surface area contributed by atoms with Gasteiger partial charge in [-0.15, -0.1) is 10.2 Å². The van der Waals surface area contributed by atoms with Gasteiger partial charge in [0.2, 0.25) is 0 Å². The van der Waals surface area contributed by atoms with Crippen LogP contribution < -0.4 is 15.4 Å². The highest BCUT2D eigenvalue weighted by Gasteiger charge is 2.36. The Morgan fingerprint density at radius 3 is 2.67 bits per heavy atom. The van der Waals surface area contributed by atoms with Crippen molar-refractivity contribution in [3.63, 3.8) is 0 Å². The number of pyridine rings is 1. The van der Waals surface area contributed by atoms with Crippen LogP contribution in [0.5, 0.6) is 5.75 Å². The molecule has 1 saturated heterocycles. The van der Waals surface area contributed by atoms with E-state index in [1.54, 1.807) is 17.1 Å². The van der Waals surface area contributed by atoms with Crippen LogP contribution in [0.1, 0.15) is 30.7 Å². The van der Waals surface area contributed by atoms with E-state index in [4.69, 9.17) is 33.7 Å². The molecule has 0 unspecified atom stereocenters. The molecule has 6 rings (SSSR count). The Balaban J connectivity index is 1.19. The van der Waals surface area contributed by atoms with Crippen LogP contribution >= 0.6 is 23.2 Å². The molecule has 2 atom stereocenters. The summed E-state index contributed by atoms with van der Waals surface area (Å²) in [5, 5.41) is 22.8. The molecular formula is C27H27Cl2N9O. The molecule has 0 amide bonds. The van der Waals surface area contributed by atoms with E-state index in [-0.39, 0.29) is 11.6 Å². The fourth-order valence-corrected chi connectivity index (χ4v) is 5.78. The number of aromatic nitrogens is 7. The Morgan fingerprint density at radius 1 is 1.13 bits per heavy atom. The SMILES string of the molecule is C[C@@H](Oc1ccc2[nH]nc(-c3ccc(N4CC[C@@](N)(Cc5ccn(C)n5)C4)nn3)c2c1)c1c(Cl)cncc1Cl. The number of hydrogen-bond acceptors (Lipinski definition) is 8. The van der Waals surface area contributed by atoms with Crippen LogP contribution in [0.3, 0.4) is 0 Å². The number of benzene rings is 1. The maximum absolute atomic E-state index is 6.72. The largest absolute Gasteiger partial charge is 0.486 e. The van der Waals surface area contributed by atoms with Crippen LogP contribution in [0.25, 0.3) is 22.3 Å². The highest BCUT2D eigenvalue weighted by Crippen LogP contribution is 2.35. The lowest BCUT2D eigenvalue weighted by Crippen LogP contribution is -2.45. The average molecular weight is 564 g/mol. The second-order valence-corrected chi connectivity index (χ2v) is 10.8. The lowest BCUT2D eigenvalue weighted by atomic mass is 9.94. The van der Waals surface area contributed by atoms with E-state index in [0.29, 0.717) is 39.3 Å². The first kappa shape index (κ1) is 25.5. The number of halogens is 2. The fraction of sp³-hybridized carbons (Fsp3) is 0.296. The van der Waals surface area contributed by atoms with Gasteiger partial charge in [0.25, 0.3) is 0 Å². The first-order chi connectivity index (χ1) is 18.8. The molecule has 1 aliphatic heterocycles. The molecule has 12 heteroatoms. The second kappa shape index (κ2) is 10.1. The maximum Gasteiger partial charge on any atom is 0.151 e.